The molecule has 2 aromatic carbocycles. The molecule has 0 saturated heterocycles. The molecule has 144 valence electrons. The zero-order chi connectivity index (χ0) is 19.9. The van der Waals surface area contributed by atoms with Crippen molar-refractivity contribution >= 4 is 23.3 Å². The van der Waals surface area contributed by atoms with E-state index in [1.807, 2.05) is 60.7 Å². The number of halogens is 1. The maximum Gasteiger partial charge on any atom is 0.252 e. The lowest BCUT2D eigenvalue weighted by atomic mass is 9.98. The van der Waals surface area contributed by atoms with Crippen LogP contribution >= 0.6 is 11.6 Å². The molecule has 3 rings (SSSR count). The van der Waals surface area contributed by atoms with Crippen LogP contribution in [0.2, 0.25) is 5.02 Å². The van der Waals surface area contributed by atoms with Crippen molar-refractivity contribution in [1.82, 2.24) is 10.3 Å². The van der Waals surface area contributed by atoms with Crippen LogP contribution in [0.5, 0.6) is 0 Å². The fourth-order valence-electron chi connectivity index (χ4n) is 2.95. The van der Waals surface area contributed by atoms with Gasteiger partial charge in [-0.25, -0.2) is 4.98 Å². The molecule has 1 heterocycles. The van der Waals surface area contributed by atoms with Gasteiger partial charge in [0, 0.05) is 24.3 Å². The van der Waals surface area contributed by atoms with E-state index >= 15 is 0 Å². The van der Waals surface area contributed by atoms with Gasteiger partial charge in [0.1, 0.15) is 5.82 Å². The van der Waals surface area contributed by atoms with E-state index in [2.05, 4.69) is 29.5 Å². The number of carbonyl (C=O) groups excluding carboxylic acids is 1. The van der Waals surface area contributed by atoms with Gasteiger partial charge in [-0.2, -0.15) is 0 Å². The molecule has 1 atom stereocenters. The molecule has 0 bridgehead atoms. The summed E-state index contributed by atoms with van der Waals surface area (Å²) in [7, 11) is 0. The van der Waals surface area contributed by atoms with E-state index in [-0.39, 0.29) is 17.9 Å². The van der Waals surface area contributed by atoms with Gasteiger partial charge < -0.3 is 10.6 Å². The summed E-state index contributed by atoms with van der Waals surface area (Å²) in [6.07, 6.45) is 1.60. The first kappa shape index (κ1) is 19.9. The molecule has 28 heavy (non-hydrogen) atoms. The van der Waals surface area contributed by atoms with Crippen molar-refractivity contribution in [3.8, 4) is 11.1 Å². The summed E-state index contributed by atoms with van der Waals surface area (Å²) >= 11 is 5.88. The Kier molecular flexibility index (Phi) is 6.66. The molecular weight excluding hydrogens is 370 g/mol. The molecule has 0 saturated carbocycles. The average molecular weight is 394 g/mol. The Morgan fingerprint density at radius 2 is 1.71 bits per heavy atom. The fourth-order valence-corrected chi connectivity index (χ4v) is 3.06. The van der Waals surface area contributed by atoms with Gasteiger partial charge in [-0.3, -0.25) is 4.79 Å². The minimum Gasteiger partial charge on any atom is -0.368 e. The van der Waals surface area contributed by atoms with Crippen LogP contribution in [-0.4, -0.2) is 23.5 Å². The highest BCUT2D eigenvalue weighted by Gasteiger charge is 2.19. The predicted molar refractivity (Wildman–Crippen MR) is 116 cm³/mol. The fraction of sp³-hybridized carbons (Fsp3) is 0.217. The van der Waals surface area contributed by atoms with Crippen LogP contribution in [-0.2, 0) is 0 Å². The largest absolute Gasteiger partial charge is 0.368 e. The van der Waals surface area contributed by atoms with Crippen molar-refractivity contribution < 1.29 is 4.79 Å². The number of amides is 1. The van der Waals surface area contributed by atoms with Crippen LogP contribution in [0, 0.1) is 5.92 Å². The number of pyridine rings is 1. The van der Waals surface area contributed by atoms with E-state index in [1.54, 1.807) is 12.3 Å². The summed E-state index contributed by atoms with van der Waals surface area (Å²) in [5, 5.41) is 7.04. The Morgan fingerprint density at radius 1 is 1.00 bits per heavy atom. The zero-order valence-corrected chi connectivity index (χ0v) is 16.8. The number of anilines is 1. The third-order valence-electron chi connectivity index (χ3n) is 4.61. The molecule has 2 N–H and O–H groups in total. The second-order valence-corrected chi connectivity index (χ2v) is 7.41. The first-order valence-electron chi connectivity index (χ1n) is 9.35. The van der Waals surface area contributed by atoms with E-state index in [1.165, 1.54) is 0 Å². The minimum atomic E-state index is -0.0796. The Hall–Kier alpha value is -2.85. The van der Waals surface area contributed by atoms with Gasteiger partial charge in [-0.15, -0.1) is 0 Å². The SMILES string of the molecule is CC(C)[C@@H](CNc1ccc(Cl)cn1)NC(=O)c1ccccc1-c1ccccc1. The van der Waals surface area contributed by atoms with Gasteiger partial charge in [0.15, 0.2) is 0 Å². The highest BCUT2D eigenvalue weighted by molar-refractivity contribution is 6.30. The van der Waals surface area contributed by atoms with E-state index in [4.69, 9.17) is 11.6 Å². The average Bonchev–Trinajstić information content (AvgIpc) is 2.72. The third-order valence-corrected chi connectivity index (χ3v) is 4.83. The van der Waals surface area contributed by atoms with Crippen LogP contribution in [0.15, 0.2) is 72.9 Å². The number of aromatic nitrogens is 1. The third kappa shape index (κ3) is 5.11. The van der Waals surface area contributed by atoms with Crippen molar-refractivity contribution in [3.63, 3.8) is 0 Å². The Balaban J connectivity index is 1.73. The Bertz CT molecular complexity index is 911. The number of benzene rings is 2. The second-order valence-electron chi connectivity index (χ2n) is 6.98. The topological polar surface area (TPSA) is 54.0 Å². The number of nitrogens with zero attached hydrogens (tertiary/aromatic N) is 1. The molecule has 1 amide bonds. The normalized spacial score (nSPS) is 11.9. The van der Waals surface area contributed by atoms with Crippen molar-refractivity contribution in [3.05, 3.63) is 83.5 Å². The summed E-state index contributed by atoms with van der Waals surface area (Å²) in [5.41, 5.74) is 2.62. The standard InChI is InChI=1S/C23H24ClN3O/c1-16(2)21(15-26-22-13-12-18(24)14-25-22)27-23(28)20-11-7-6-10-19(20)17-8-4-3-5-9-17/h3-14,16,21H,15H2,1-2H3,(H,25,26)(H,27,28)/t21-/m1/s1. The van der Waals surface area contributed by atoms with Crippen LogP contribution in [0.1, 0.15) is 24.2 Å². The number of nitrogens with one attached hydrogen (secondary N) is 2. The number of rotatable bonds is 7. The predicted octanol–water partition coefficient (Wildman–Crippen LogP) is 5.27. The van der Waals surface area contributed by atoms with Crippen molar-refractivity contribution in [2.45, 2.75) is 19.9 Å². The van der Waals surface area contributed by atoms with Crippen molar-refractivity contribution in [1.29, 1.82) is 0 Å². The molecule has 3 aromatic rings. The molecular formula is C23H24ClN3O. The van der Waals surface area contributed by atoms with Gasteiger partial charge >= 0.3 is 0 Å². The highest BCUT2D eigenvalue weighted by Crippen LogP contribution is 2.23. The van der Waals surface area contributed by atoms with E-state index in [0.717, 1.165) is 16.9 Å². The smallest absolute Gasteiger partial charge is 0.252 e. The second kappa shape index (κ2) is 9.38. The van der Waals surface area contributed by atoms with E-state index in [0.29, 0.717) is 17.1 Å². The Morgan fingerprint density at radius 3 is 2.39 bits per heavy atom. The summed E-state index contributed by atoms with van der Waals surface area (Å²) in [6, 6.07) is 21.2. The molecule has 5 heteroatoms. The molecule has 0 aliphatic rings. The van der Waals surface area contributed by atoms with Gasteiger partial charge in [0.05, 0.1) is 5.02 Å². The first-order valence-corrected chi connectivity index (χ1v) is 9.73. The van der Waals surface area contributed by atoms with Crippen molar-refractivity contribution in [2.75, 3.05) is 11.9 Å². The summed E-state index contributed by atoms with van der Waals surface area (Å²) in [5.74, 6) is 0.908. The summed E-state index contributed by atoms with van der Waals surface area (Å²) < 4.78 is 0. The number of hydrogen-bond donors (Lipinski definition) is 2. The number of hydrogen-bond acceptors (Lipinski definition) is 3. The van der Waals surface area contributed by atoms with Gasteiger partial charge in [0.2, 0.25) is 0 Å². The highest BCUT2D eigenvalue weighted by atomic mass is 35.5. The van der Waals surface area contributed by atoms with Crippen LogP contribution in [0.3, 0.4) is 0 Å². The van der Waals surface area contributed by atoms with Crippen molar-refractivity contribution in [2.24, 2.45) is 5.92 Å². The molecule has 1 aromatic heterocycles. The zero-order valence-electron chi connectivity index (χ0n) is 16.0. The van der Waals surface area contributed by atoms with Crippen LogP contribution < -0.4 is 10.6 Å². The van der Waals surface area contributed by atoms with Crippen LogP contribution in [0.25, 0.3) is 11.1 Å². The molecule has 0 radical (unpaired) electrons. The number of carbonyl (C=O) groups is 1. The monoisotopic (exact) mass is 393 g/mol. The van der Waals surface area contributed by atoms with E-state index < -0.39 is 0 Å². The molecule has 0 unspecified atom stereocenters. The lowest BCUT2D eigenvalue weighted by molar-refractivity contribution is 0.0929. The molecule has 0 aliphatic heterocycles. The van der Waals surface area contributed by atoms with Gasteiger partial charge in [-0.05, 0) is 35.2 Å². The minimum absolute atomic E-state index is 0.0474. The van der Waals surface area contributed by atoms with Gasteiger partial charge in [0.25, 0.3) is 5.91 Å². The molecule has 4 nitrogen and oxygen atoms in total. The first-order chi connectivity index (χ1) is 13.5. The molecule has 0 spiro atoms. The van der Waals surface area contributed by atoms with Crippen LogP contribution in [0.4, 0.5) is 5.82 Å². The molecule has 0 fully saturated rings. The lowest BCUT2D eigenvalue weighted by Crippen LogP contribution is -2.43. The lowest BCUT2D eigenvalue weighted by Gasteiger charge is -2.24. The molecule has 0 aliphatic carbocycles. The Labute approximate surface area is 171 Å². The summed E-state index contributed by atoms with van der Waals surface area (Å²) in [4.78, 5) is 17.3. The summed E-state index contributed by atoms with van der Waals surface area (Å²) in [6.45, 7) is 4.75. The maximum atomic E-state index is 13.0. The van der Waals surface area contributed by atoms with Gasteiger partial charge in [-0.1, -0.05) is 74.0 Å². The van der Waals surface area contributed by atoms with E-state index in [9.17, 15) is 4.79 Å². The maximum absolute atomic E-state index is 13.0. The quantitative estimate of drug-likeness (QED) is 0.575.